The van der Waals surface area contributed by atoms with E-state index in [0.717, 1.165) is 0 Å². The molecule has 2 aromatic rings. The number of ether oxygens (including phenoxy) is 1. The molecule has 6 nitrogen and oxygen atoms in total. The fraction of sp³-hybridized carbons (Fsp3) is 0.0833. The smallest absolute Gasteiger partial charge is 0.387 e. The number of para-hydroxylation sites is 2. The summed E-state index contributed by atoms with van der Waals surface area (Å²) in [5.41, 5.74) is 5.48. The highest BCUT2D eigenvalue weighted by molar-refractivity contribution is 6.03. The fourth-order valence-electron chi connectivity index (χ4n) is 1.45. The molecule has 8 heteroatoms. The van der Waals surface area contributed by atoms with Gasteiger partial charge in [0, 0.05) is 0 Å². The minimum Gasteiger partial charge on any atom is -0.433 e. The van der Waals surface area contributed by atoms with Crippen molar-refractivity contribution in [2.75, 3.05) is 11.1 Å². The zero-order chi connectivity index (χ0) is 14.5. The number of hydrogen-bond donors (Lipinski definition) is 2. The number of rotatable bonds is 4. The Hall–Kier alpha value is -2.77. The molecule has 0 bridgehead atoms. The molecule has 0 aliphatic carbocycles. The van der Waals surface area contributed by atoms with E-state index in [2.05, 4.69) is 20.0 Å². The summed E-state index contributed by atoms with van der Waals surface area (Å²) in [4.78, 5) is 19.4. The first kappa shape index (κ1) is 13.7. The molecule has 3 N–H and O–H groups in total. The van der Waals surface area contributed by atoms with Crippen molar-refractivity contribution in [3.05, 3.63) is 42.4 Å². The Morgan fingerprint density at radius 2 is 2.05 bits per heavy atom. The van der Waals surface area contributed by atoms with Gasteiger partial charge in [-0.15, -0.1) is 0 Å². The molecule has 0 atom stereocenters. The maximum atomic E-state index is 12.2. The number of carbonyl (C=O) groups is 1. The molecule has 0 fully saturated rings. The third-order valence-electron chi connectivity index (χ3n) is 2.24. The summed E-state index contributed by atoms with van der Waals surface area (Å²) in [7, 11) is 0. The van der Waals surface area contributed by atoms with Crippen molar-refractivity contribution in [3.63, 3.8) is 0 Å². The lowest BCUT2D eigenvalue weighted by Crippen LogP contribution is -2.16. The van der Waals surface area contributed by atoms with E-state index in [4.69, 9.17) is 5.73 Å². The van der Waals surface area contributed by atoms with E-state index in [1.54, 1.807) is 6.07 Å². The highest BCUT2D eigenvalue weighted by atomic mass is 19.3. The maximum absolute atomic E-state index is 12.2. The number of benzene rings is 1. The summed E-state index contributed by atoms with van der Waals surface area (Å²) in [6.07, 6.45) is 2.49. The third-order valence-corrected chi connectivity index (χ3v) is 2.24. The van der Waals surface area contributed by atoms with Crippen LogP contribution in [0.25, 0.3) is 0 Å². The van der Waals surface area contributed by atoms with Crippen LogP contribution < -0.4 is 15.8 Å². The SMILES string of the molecule is Nc1cncc(C(=O)Nc2ccccc2OC(F)F)n1. The van der Waals surface area contributed by atoms with Crippen LogP contribution in [0.2, 0.25) is 0 Å². The molecule has 1 aromatic heterocycles. The van der Waals surface area contributed by atoms with Gasteiger partial charge in [0.1, 0.15) is 17.3 Å². The van der Waals surface area contributed by atoms with E-state index in [1.165, 1.54) is 30.6 Å². The minimum atomic E-state index is -2.99. The molecule has 1 heterocycles. The Balaban J connectivity index is 2.19. The van der Waals surface area contributed by atoms with Crippen LogP contribution in [0.1, 0.15) is 10.5 Å². The second kappa shape index (κ2) is 5.91. The second-order valence-corrected chi connectivity index (χ2v) is 3.66. The van der Waals surface area contributed by atoms with Crippen molar-refractivity contribution >= 4 is 17.4 Å². The highest BCUT2D eigenvalue weighted by Gasteiger charge is 2.13. The first-order valence-corrected chi connectivity index (χ1v) is 5.49. The quantitative estimate of drug-likeness (QED) is 0.892. The van der Waals surface area contributed by atoms with Gasteiger partial charge >= 0.3 is 6.61 Å². The summed E-state index contributed by atoms with van der Waals surface area (Å²) in [6, 6.07) is 5.81. The maximum Gasteiger partial charge on any atom is 0.387 e. The number of aromatic nitrogens is 2. The predicted molar refractivity (Wildman–Crippen MR) is 67.5 cm³/mol. The van der Waals surface area contributed by atoms with Gasteiger partial charge in [-0.05, 0) is 12.1 Å². The summed E-state index contributed by atoms with van der Waals surface area (Å²) in [5.74, 6) is -0.697. The molecule has 0 radical (unpaired) electrons. The average molecular weight is 280 g/mol. The lowest BCUT2D eigenvalue weighted by atomic mass is 10.3. The van der Waals surface area contributed by atoms with Gasteiger partial charge in [-0.25, -0.2) is 4.98 Å². The van der Waals surface area contributed by atoms with Crippen LogP contribution in [0, 0.1) is 0 Å². The third kappa shape index (κ3) is 3.37. The predicted octanol–water partition coefficient (Wildman–Crippen LogP) is 1.91. The van der Waals surface area contributed by atoms with Gasteiger partial charge in [-0.1, -0.05) is 12.1 Å². The highest BCUT2D eigenvalue weighted by Crippen LogP contribution is 2.25. The number of nitrogens with zero attached hydrogens (tertiary/aromatic N) is 2. The van der Waals surface area contributed by atoms with E-state index in [9.17, 15) is 13.6 Å². The lowest BCUT2D eigenvalue weighted by molar-refractivity contribution is -0.0493. The summed E-state index contributed by atoms with van der Waals surface area (Å²) >= 11 is 0. The molecule has 0 aliphatic heterocycles. The van der Waals surface area contributed by atoms with E-state index in [0.29, 0.717) is 0 Å². The number of nitrogens with two attached hydrogens (primary N) is 1. The number of hydrogen-bond acceptors (Lipinski definition) is 5. The molecule has 104 valence electrons. The topological polar surface area (TPSA) is 90.1 Å². The fourth-order valence-corrected chi connectivity index (χ4v) is 1.45. The molecule has 0 spiro atoms. The normalized spacial score (nSPS) is 10.3. The van der Waals surface area contributed by atoms with Crippen LogP contribution >= 0.6 is 0 Å². The van der Waals surface area contributed by atoms with Gasteiger partial charge in [0.2, 0.25) is 0 Å². The largest absolute Gasteiger partial charge is 0.433 e. The Labute approximate surface area is 112 Å². The van der Waals surface area contributed by atoms with Crippen LogP contribution in [0.5, 0.6) is 5.75 Å². The van der Waals surface area contributed by atoms with Gasteiger partial charge in [-0.3, -0.25) is 9.78 Å². The summed E-state index contributed by atoms with van der Waals surface area (Å²) < 4.78 is 28.8. The van der Waals surface area contributed by atoms with E-state index < -0.39 is 12.5 Å². The van der Waals surface area contributed by atoms with Crippen molar-refractivity contribution in [2.24, 2.45) is 0 Å². The van der Waals surface area contributed by atoms with Gasteiger partial charge in [0.05, 0.1) is 18.1 Å². The standard InChI is InChI=1S/C12H10F2N4O2/c13-12(14)20-9-4-2-1-3-7(9)18-11(19)8-5-16-6-10(15)17-8/h1-6,12H,(H2,15,17)(H,18,19). The zero-order valence-corrected chi connectivity index (χ0v) is 10.1. The van der Waals surface area contributed by atoms with Crippen molar-refractivity contribution in [1.82, 2.24) is 9.97 Å². The summed E-state index contributed by atoms with van der Waals surface area (Å²) in [5, 5.41) is 2.40. The Bertz CT molecular complexity index is 622. The van der Waals surface area contributed by atoms with Crippen LogP contribution in [0.15, 0.2) is 36.7 Å². The van der Waals surface area contributed by atoms with Crippen LogP contribution in [-0.4, -0.2) is 22.5 Å². The molecule has 0 aliphatic rings. The van der Waals surface area contributed by atoms with Crippen LogP contribution in [-0.2, 0) is 0 Å². The molecular weight excluding hydrogens is 270 g/mol. The van der Waals surface area contributed by atoms with Gasteiger partial charge in [0.25, 0.3) is 5.91 Å². The second-order valence-electron chi connectivity index (χ2n) is 3.66. The Morgan fingerprint density at radius 3 is 2.75 bits per heavy atom. The van der Waals surface area contributed by atoms with E-state index in [-0.39, 0.29) is 22.9 Å². The molecule has 0 saturated carbocycles. The van der Waals surface area contributed by atoms with Crippen LogP contribution in [0.4, 0.5) is 20.3 Å². The number of halogens is 2. The number of amides is 1. The van der Waals surface area contributed by atoms with Crippen molar-refractivity contribution < 1.29 is 18.3 Å². The molecule has 20 heavy (non-hydrogen) atoms. The number of anilines is 2. The lowest BCUT2D eigenvalue weighted by Gasteiger charge is -2.11. The molecule has 1 aromatic carbocycles. The Morgan fingerprint density at radius 1 is 1.30 bits per heavy atom. The molecule has 1 amide bonds. The Kier molecular flexibility index (Phi) is 4.04. The molecule has 0 unspecified atom stereocenters. The molecular formula is C12H10F2N4O2. The van der Waals surface area contributed by atoms with Crippen LogP contribution in [0.3, 0.4) is 0 Å². The van der Waals surface area contributed by atoms with Gasteiger partial charge in [-0.2, -0.15) is 8.78 Å². The minimum absolute atomic E-state index is 0.0307. The van der Waals surface area contributed by atoms with Crippen molar-refractivity contribution in [3.8, 4) is 5.75 Å². The first-order valence-electron chi connectivity index (χ1n) is 5.49. The number of alkyl halides is 2. The van der Waals surface area contributed by atoms with E-state index >= 15 is 0 Å². The molecule has 2 rings (SSSR count). The molecule has 0 saturated heterocycles. The van der Waals surface area contributed by atoms with Crippen molar-refractivity contribution in [1.29, 1.82) is 0 Å². The summed E-state index contributed by atoms with van der Waals surface area (Å²) in [6.45, 7) is -2.99. The zero-order valence-electron chi connectivity index (χ0n) is 10.1. The monoisotopic (exact) mass is 280 g/mol. The van der Waals surface area contributed by atoms with Gasteiger partial charge in [0.15, 0.2) is 0 Å². The van der Waals surface area contributed by atoms with Gasteiger partial charge < -0.3 is 15.8 Å². The number of carbonyl (C=O) groups excluding carboxylic acids is 1. The van der Waals surface area contributed by atoms with Crippen molar-refractivity contribution in [2.45, 2.75) is 6.61 Å². The average Bonchev–Trinajstić information content (AvgIpc) is 2.40. The first-order chi connectivity index (χ1) is 9.56. The number of nitrogens with one attached hydrogen (secondary N) is 1. The number of nitrogen functional groups attached to an aromatic ring is 1. The van der Waals surface area contributed by atoms with E-state index in [1.807, 2.05) is 0 Å².